The molecule has 0 saturated heterocycles. The summed E-state index contributed by atoms with van der Waals surface area (Å²) in [5.41, 5.74) is 6.32. The molecule has 7 heteroatoms. The molecule has 0 saturated carbocycles. The largest absolute Gasteiger partial charge is 0.352 e. The van der Waals surface area contributed by atoms with Crippen molar-refractivity contribution in [2.24, 2.45) is 5.73 Å². The Morgan fingerprint density at radius 1 is 1.17 bits per heavy atom. The molecule has 0 unspecified atom stereocenters. The quantitative estimate of drug-likeness (QED) is 0.544. The van der Waals surface area contributed by atoms with E-state index in [1.165, 1.54) is 0 Å². The highest BCUT2D eigenvalue weighted by molar-refractivity contribution is 6.31. The maximum Gasteiger partial charge on any atom is 0.253 e. The van der Waals surface area contributed by atoms with Crippen LogP contribution in [0.1, 0.15) is 55.8 Å². The van der Waals surface area contributed by atoms with Gasteiger partial charge in [0.15, 0.2) is 0 Å². The zero-order chi connectivity index (χ0) is 17.1. The predicted molar refractivity (Wildman–Crippen MR) is 102 cm³/mol. The van der Waals surface area contributed by atoms with Crippen LogP contribution in [0, 0.1) is 0 Å². The van der Waals surface area contributed by atoms with Gasteiger partial charge in [-0.15, -0.1) is 12.4 Å². The summed E-state index contributed by atoms with van der Waals surface area (Å²) in [7, 11) is 0. The number of rotatable bonds is 10. The fraction of sp³-hybridized carbons (Fsp3) is 0.529. The first-order chi connectivity index (χ1) is 11.1. The summed E-state index contributed by atoms with van der Waals surface area (Å²) in [6, 6.07) is 4.88. The van der Waals surface area contributed by atoms with Gasteiger partial charge in [0.1, 0.15) is 0 Å². The third kappa shape index (κ3) is 8.52. The summed E-state index contributed by atoms with van der Waals surface area (Å²) in [5, 5.41) is 6.08. The lowest BCUT2D eigenvalue weighted by Gasteiger charge is -2.12. The highest BCUT2D eigenvalue weighted by atomic mass is 35.5. The monoisotopic (exact) mass is 375 g/mol. The second kappa shape index (κ2) is 13.0. The maximum atomic E-state index is 12.1. The second-order valence-electron chi connectivity index (χ2n) is 5.45. The van der Waals surface area contributed by atoms with Gasteiger partial charge in [0.2, 0.25) is 5.91 Å². The molecule has 24 heavy (non-hydrogen) atoms. The summed E-state index contributed by atoms with van der Waals surface area (Å²) in [4.78, 5) is 24.2. The van der Waals surface area contributed by atoms with Gasteiger partial charge in [0.05, 0.1) is 11.3 Å². The number of halogens is 2. The molecule has 5 nitrogen and oxygen atoms in total. The van der Waals surface area contributed by atoms with Gasteiger partial charge >= 0.3 is 0 Å². The van der Waals surface area contributed by atoms with Gasteiger partial charge in [-0.25, -0.2) is 0 Å². The van der Waals surface area contributed by atoms with Crippen LogP contribution in [0.2, 0.25) is 5.02 Å². The van der Waals surface area contributed by atoms with Gasteiger partial charge < -0.3 is 16.4 Å². The molecule has 0 atom stereocenters. The van der Waals surface area contributed by atoms with Gasteiger partial charge in [-0.05, 0) is 44.0 Å². The van der Waals surface area contributed by atoms with Crippen molar-refractivity contribution >= 4 is 41.5 Å². The zero-order valence-corrected chi connectivity index (χ0v) is 15.6. The van der Waals surface area contributed by atoms with Gasteiger partial charge in [0, 0.05) is 18.0 Å². The zero-order valence-electron chi connectivity index (χ0n) is 14.1. The van der Waals surface area contributed by atoms with Gasteiger partial charge in [-0.3, -0.25) is 9.59 Å². The van der Waals surface area contributed by atoms with Crippen LogP contribution < -0.4 is 16.4 Å². The molecule has 0 fully saturated rings. The van der Waals surface area contributed by atoms with Gasteiger partial charge in [0.25, 0.3) is 5.91 Å². The van der Waals surface area contributed by atoms with Crippen LogP contribution in [0.4, 0.5) is 5.69 Å². The normalized spacial score (nSPS) is 9.96. The summed E-state index contributed by atoms with van der Waals surface area (Å²) in [6.45, 7) is 3.26. The lowest BCUT2D eigenvalue weighted by molar-refractivity contribution is -0.116. The number of nitrogens with two attached hydrogens (primary N) is 1. The lowest BCUT2D eigenvalue weighted by atomic mass is 10.1. The molecule has 1 rings (SSSR count). The average Bonchev–Trinajstić information content (AvgIpc) is 2.52. The van der Waals surface area contributed by atoms with E-state index in [-0.39, 0.29) is 24.2 Å². The first kappa shape index (κ1) is 22.7. The van der Waals surface area contributed by atoms with Gasteiger partial charge in [-0.2, -0.15) is 0 Å². The fourth-order valence-corrected chi connectivity index (χ4v) is 2.32. The number of nitrogens with one attached hydrogen (secondary N) is 2. The third-order valence-electron chi connectivity index (χ3n) is 3.39. The Bertz CT molecular complexity index is 525. The van der Waals surface area contributed by atoms with E-state index in [4.69, 9.17) is 17.3 Å². The second-order valence-corrected chi connectivity index (χ2v) is 5.88. The summed E-state index contributed by atoms with van der Waals surface area (Å²) < 4.78 is 0. The van der Waals surface area contributed by atoms with Crippen molar-refractivity contribution in [2.75, 3.05) is 18.4 Å². The van der Waals surface area contributed by atoms with Crippen LogP contribution >= 0.6 is 24.0 Å². The first-order valence-electron chi connectivity index (χ1n) is 8.16. The van der Waals surface area contributed by atoms with Crippen LogP contribution in [-0.4, -0.2) is 24.9 Å². The third-order valence-corrected chi connectivity index (χ3v) is 3.63. The molecule has 1 aromatic rings. The average molecular weight is 376 g/mol. The predicted octanol–water partition coefficient (Wildman–Crippen LogP) is 3.75. The number of hydrogen-bond donors (Lipinski definition) is 3. The first-order valence-corrected chi connectivity index (χ1v) is 8.54. The molecule has 0 aliphatic rings. The van der Waals surface area contributed by atoms with E-state index in [1.54, 1.807) is 18.2 Å². The lowest BCUT2D eigenvalue weighted by Crippen LogP contribution is -2.25. The molecule has 136 valence electrons. The molecule has 2 amide bonds. The standard InChI is InChI=1S/C17H26ClN3O2.ClH/c1-2-11-20-17(23)14-9-8-13(18)12-15(14)21-16(22)7-5-3-4-6-10-19;/h8-9,12H,2-7,10-11,19H2,1H3,(H,20,23)(H,21,22);1H. The molecule has 0 aliphatic heterocycles. The van der Waals surface area contributed by atoms with Crippen molar-refractivity contribution in [1.82, 2.24) is 5.32 Å². The van der Waals surface area contributed by atoms with E-state index in [9.17, 15) is 9.59 Å². The highest BCUT2D eigenvalue weighted by Gasteiger charge is 2.13. The van der Waals surface area contributed by atoms with E-state index in [1.807, 2.05) is 6.92 Å². The Balaban J connectivity index is 0.00000529. The molecule has 0 spiro atoms. The number of benzene rings is 1. The van der Waals surface area contributed by atoms with E-state index in [0.29, 0.717) is 35.8 Å². The van der Waals surface area contributed by atoms with Crippen molar-refractivity contribution in [3.8, 4) is 0 Å². The van der Waals surface area contributed by atoms with E-state index in [0.717, 1.165) is 32.1 Å². The highest BCUT2D eigenvalue weighted by Crippen LogP contribution is 2.21. The number of unbranched alkanes of at least 4 members (excludes halogenated alkanes) is 3. The van der Waals surface area contributed by atoms with E-state index in [2.05, 4.69) is 10.6 Å². The van der Waals surface area contributed by atoms with Crippen molar-refractivity contribution < 1.29 is 9.59 Å². The minimum Gasteiger partial charge on any atom is -0.352 e. The minimum absolute atomic E-state index is 0. The van der Waals surface area contributed by atoms with E-state index < -0.39 is 0 Å². The summed E-state index contributed by atoms with van der Waals surface area (Å²) in [5.74, 6) is -0.314. The van der Waals surface area contributed by atoms with Crippen LogP contribution in [0.15, 0.2) is 18.2 Å². The molecular weight excluding hydrogens is 349 g/mol. The van der Waals surface area contributed by atoms with Crippen LogP contribution in [-0.2, 0) is 4.79 Å². The van der Waals surface area contributed by atoms with Crippen LogP contribution in [0.5, 0.6) is 0 Å². The van der Waals surface area contributed by atoms with Gasteiger partial charge in [-0.1, -0.05) is 31.4 Å². The maximum absolute atomic E-state index is 12.1. The molecule has 0 aromatic heterocycles. The minimum atomic E-state index is -0.207. The van der Waals surface area contributed by atoms with Crippen molar-refractivity contribution in [2.45, 2.75) is 45.4 Å². The molecule has 4 N–H and O–H groups in total. The Morgan fingerprint density at radius 2 is 1.88 bits per heavy atom. The van der Waals surface area contributed by atoms with Crippen LogP contribution in [0.3, 0.4) is 0 Å². The summed E-state index contributed by atoms with van der Waals surface area (Å²) in [6.07, 6.45) is 5.08. The van der Waals surface area contributed by atoms with Crippen molar-refractivity contribution in [3.05, 3.63) is 28.8 Å². The molecule has 0 radical (unpaired) electrons. The van der Waals surface area contributed by atoms with Crippen molar-refractivity contribution in [3.63, 3.8) is 0 Å². The number of hydrogen-bond acceptors (Lipinski definition) is 3. The molecule has 0 bridgehead atoms. The summed E-state index contributed by atoms with van der Waals surface area (Å²) >= 11 is 5.98. The van der Waals surface area contributed by atoms with Crippen LogP contribution in [0.25, 0.3) is 0 Å². The Morgan fingerprint density at radius 3 is 2.54 bits per heavy atom. The smallest absolute Gasteiger partial charge is 0.253 e. The molecule has 0 heterocycles. The SMILES string of the molecule is CCCNC(=O)c1ccc(Cl)cc1NC(=O)CCCCCCN.Cl. The van der Waals surface area contributed by atoms with E-state index >= 15 is 0 Å². The van der Waals surface area contributed by atoms with Crippen molar-refractivity contribution in [1.29, 1.82) is 0 Å². The Hall–Kier alpha value is -1.30. The Kier molecular flexibility index (Phi) is 12.3. The molecule has 1 aromatic carbocycles. The number of carbonyl (C=O) groups excluding carboxylic acids is 2. The topological polar surface area (TPSA) is 84.2 Å². The fourth-order valence-electron chi connectivity index (χ4n) is 2.15. The molecular formula is C17H27Cl2N3O2. The molecule has 0 aliphatic carbocycles. The number of amides is 2. The Labute approximate surface area is 155 Å². The number of anilines is 1. The number of carbonyl (C=O) groups is 2.